The van der Waals surface area contributed by atoms with E-state index in [4.69, 9.17) is 5.26 Å². The molecule has 0 spiro atoms. The summed E-state index contributed by atoms with van der Waals surface area (Å²) in [5, 5.41) is 9.04. The van der Waals surface area contributed by atoms with Crippen molar-refractivity contribution in [2.24, 2.45) is 5.92 Å². The van der Waals surface area contributed by atoms with Crippen LogP contribution in [0.2, 0.25) is 0 Å². The molecular formula is C12H21N3O. The van der Waals surface area contributed by atoms with Gasteiger partial charge in [0.15, 0.2) is 0 Å². The predicted molar refractivity (Wildman–Crippen MR) is 62.7 cm³/mol. The lowest BCUT2D eigenvalue weighted by molar-refractivity contribution is -0.136. The molecule has 1 heterocycles. The maximum absolute atomic E-state index is 11.8. The Balaban J connectivity index is 2.53. The van der Waals surface area contributed by atoms with Crippen LogP contribution < -0.4 is 0 Å². The van der Waals surface area contributed by atoms with Crippen LogP contribution in [0.5, 0.6) is 0 Å². The summed E-state index contributed by atoms with van der Waals surface area (Å²) in [6, 6.07) is 2.30. The molecule has 0 aliphatic carbocycles. The van der Waals surface area contributed by atoms with E-state index < -0.39 is 5.54 Å². The Hall–Kier alpha value is -1.08. The van der Waals surface area contributed by atoms with Crippen LogP contribution in [0.3, 0.4) is 0 Å². The highest BCUT2D eigenvalue weighted by molar-refractivity contribution is 5.78. The van der Waals surface area contributed by atoms with E-state index in [-0.39, 0.29) is 11.8 Å². The summed E-state index contributed by atoms with van der Waals surface area (Å²) in [5.41, 5.74) is -0.424. The van der Waals surface area contributed by atoms with Gasteiger partial charge in [0.25, 0.3) is 0 Å². The molecule has 1 amide bonds. The van der Waals surface area contributed by atoms with E-state index in [0.29, 0.717) is 0 Å². The molecule has 1 fully saturated rings. The Labute approximate surface area is 97.8 Å². The quantitative estimate of drug-likeness (QED) is 0.704. The second-order valence-corrected chi connectivity index (χ2v) is 5.14. The molecule has 0 N–H and O–H groups in total. The van der Waals surface area contributed by atoms with Crippen molar-refractivity contribution in [3.05, 3.63) is 0 Å². The number of carbonyl (C=O) groups excluding carboxylic acids is 1. The first kappa shape index (κ1) is 13.0. The second-order valence-electron chi connectivity index (χ2n) is 5.14. The van der Waals surface area contributed by atoms with Gasteiger partial charge in [-0.2, -0.15) is 5.26 Å². The molecule has 1 saturated heterocycles. The number of hydrogen-bond acceptors (Lipinski definition) is 3. The summed E-state index contributed by atoms with van der Waals surface area (Å²) in [6.07, 6.45) is 0. The fourth-order valence-electron chi connectivity index (χ4n) is 1.92. The first-order valence-corrected chi connectivity index (χ1v) is 5.83. The molecule has 0 aromatic heterocycles. The molecule has 0 aromatic rings. The van der Waals surface area contributed by atoms with E-state index >= 15 is 0 Å². The lowest BCUT2D eigenvalue weighted by Crippen LogP contribution is -2.55. The van der Waals surface area contributed by atoms with Gasteiger partial charge in [-0.3, -0.25) is 9.69 Å². The van der Waals surface area contributed by atoms with E-state index in [0.717, 1.165) is 26.2 Å². The van der Waals surface area contributed by atoms with Crippen molar-refractivity contribution in [2.75, 3.05) is 26.2 Å². The Morgan fingerprint density at radius 3 is 2.12 bits per heavy atom. The molecule has 1 aliphatic rings. The zero-order valence-electron chi connectivity index (χ0n) is 10.7. The minimum Gasteiger partial charge on any atom is -0.340 e. The minimum absolute atomic E-state index is 0.0653. The zero-order valence-corrected chi connectivity index (χ0v) is 10.7. The minimum atomic E-state index is -0.424. The average Bonchev–Trinajstić information content (AvgIpc) is 2.28. The summed E-state index contributed by atoms with van der Waals surface area (Å²) in [4.78, 5) is 15.8. The number of carbonyl (C=O) groups is 1. The smallest absolute Gasteiger partial charge is 0.225 e. The van der Waals surface area contributed by atoms with Crippen LogP contribution in [0.1, 0.15) is 27.7 Å². The van der Waals surface area contributed by atoms with Gasteiger partial charge in [-0.25, -0.2) is 0 Å². The second kappa shape index (κ2) is 4.84. The number of hydrogen-bond donors (Lipinski definition) is 0. The Kier molecular flexibility index (Phi) is 3.93. The van der Waals surface area contributed by atoms with Crippen LogP contribution in [0.4, 0.5) is 0 Å². The third kappa shape index (κ3) is 2.73. The third-order valence-electron chi connectivity index (χ3n) is 3.15. The van der Waals surface area contributed by atoms with Crippen LogP contribution in [-0.2, 0) is 4.79 Å². The van der Waals surface area contributed by atoms with Crippen LogP contribution in [0.15, 0.2) is 0 Å². The molecule has 90 valence electrons. The molecule has 4 nitrogen and oxygen atoms in total. The molecule has 1 aliphatic heterocycles. The van der Waals surface area contributed by atoms with Crippen molar-refractivity contribution >= 4 is 5.91 Å². The molecule has 4 heteroatoms. The Morgan fingerprint density at radius 2 is 1.75 bits per heavy atom. The summed E-state index contributed by atoms with van der Waals surface area (Å²) >= 11 is 0. The highest BCUT2D eigenvalue weighted by Gasteiger charge is 2.31. The van der Waals surface area contributed by atoms with Crippen molar-refractivity contribution < 1.29 is 4.79 Å². The summed E-state index contributed by atoms with van der Waals surface area (Å²) < 4.78 is 0. The van der Waals surface area contributed by atoms with Crippen molar-refractivity contribution in [3.8, 4) is 6.07 Å². The van der Waals surface area contributed by atoms with Gasteiger partial charge < -0.3 is 4.90 Å². The molecule has 0 unspecified atom stereocenters. The number of nitrogens with zero attached hydrogens (tertiary/aromatic N) is 3. The van der Waals surface area contributed by atoms with E-state index in [1.807, 2.05) is 32.6 Å². The maximum atomic E-state index is 11.8. The number of rotatable bonds is 2. The van der Waals surface area contributed by atoms with Gasteiger partial charge in [-0.1, -0.05) is 13.8 Å². The molecule has 0 aromatic carbocycles. The summed E-state index contributed by atoms with van der Waals surface area (Å²) in [5.74, 6) is 0.282. The number of nitriles is 1. The van der Waals surface area contributed by atoms with Crippen LogP contribution in [0, 0.1) is 17.2 Å². The molecular weight excluding hydrogens is 202 g/mol. The molecule has 0 radical (unpaired) electrons. The lowest BCUT2D eigenvalue weighted by atomic mass is 10.0. The molecule has 0 bridgehead atoms. The van der Waals surface area contributed by atoms with Crippen LogP contribution in [0.25, 0.3) is 0 Å². The monoisotopic (exact) mass is 223 g/mol. The normalized spacial score (nSPS) is 18.6. The van der Waals surface area contributed by atoms with Crippen molar-refractivity contribution in [3.63, 3.8) is 0 Å². The molecule has 1 rings (SSSR count). The Morgan fingerprint density at radius 1 is 1.25 bits per heavy atom. The molecule has 0 atom stereocenters. The summed E-state index contributed by atoms with van der Waals surface area (Å²) in [7, 11) is 0. The fourth-order valence-corrected chi connectivity index (χ4v) is 1.92. The number of piperazine rings is 1. The zero-order chi connectivity index (χ0) is 12.3. The average molecular weight is 223 g/mol. The first-order valence-electron chi connectivity index (χ1n) is 5.83. The van der Waals surface area contributed by atoms with Gasteiger partial charge in [0.05, 0.1) is 6.07 Å². The topological polar surface area (TPSA) is 47.3 Å². The third-order valence-corrected chi connectivity index (χ3v) is 3.15. The van der Waals surface area contributed by atoms with Gasteiger partial charge in [-0.05, 0) is 13.8 Å². The van der Waals surface area contributed by atoms with Gasteiger partial charge in [0.2, 0.25) is 5.91 Å². The molecule has 0 saturated carbocycles. The van der Waals surface area contributed by atoms with Crippen LogP contribution in [-0.4, -0.2) is 47.4 Å². The lowest BCUT2D eigenvalue weighted by Gasteiger charge is -2.40. The molecule has 16 heavy (non-hydrogen) atoms. The van der Waals surface area contributed by atoms with Gasteiger partial charge in [0.1, 0.15) is 5.54 Å². The SMILES string of the molecule is CC(C)C(=O)N1CCN(C(C)(C)C#N)CC1. The first-order chi connectivity index (χ1) is 7.38. The van der Waals surface area contributed by atoms with Crippen molar-refractivity contribution in [1.29, 1.82) is 5.26 Å². The van der Waals surface area contributed by atoms with E-state index in [1.165, 1.54) is 0 Å². The van der Waals surface area contributed by atoms with Gasteiger partial charge in [-0.15, -0.1) is 0 Å². The highest BCUT2D eigenvalue weighted by atomic mass is 16.2. The van der Waals surface area contributed by atoms with E-state index in [2.05, 4.69) is 11.0 Å². The standard InChI is InChI=1S/C12H21N3O/c1-10(2)11(16)14-5-7-15(8-6-14)12(3,4)9-13/h10H,5-8H2,1-4H3. The van der Waals surface area contributed by atoms with Gasteiger partial charge >= 0.3 is 0 Å². The van der Waals surface area contributed by atoms with Gasteiger partial charge in [0, 0.05) is 32.1 Å². The van der Waals surface area contributed by atoms with Crippen molar-refractivity contribution in [1.82, 2.24) is 9.80 Å². The predicted octanol–water partition coefficient (Wildman–Crippen LogP) is 1.09. The summed E-state index contributed by atoms with van der Waals surface area (Å²) in [6.45, 7) is 10.8. The van der Waals surface area contributed by atoms with Crippen molar-refractivity contribution in [2.45, 2.75) is 33.2 Å². The largest absolute Gasteiger partial charge is 0.340 e. The van der Waals surface area contributed by atoms with E-state index in [1.54, 1.807) is 0 Å². The van der Waals surface area contributed by atoms with Crippen LogP contribution >= 0.6 is 0 Å². The maximum Gasteiger partial charge on any atom is 0.225 e. The number of amides is 1. The van der Waals surface area contributed by atoms with E-state index in [9.17, 15) is 4.79 Å². The highest BCUT2D eigenvalue weighted by Crippen LogP contribution is 2.16. The Bertz CT molecular complexity index is 296. The fraction of sp³-hybridized carbons (Fsp3) is 0.833.